The van der Waals surface area contributed by atoms with Crippen molar-refractivity contribution >= 4 is 0 Å². The Bertz CT molecular complexity index is 334. The molecule has 3 atom stereocenters. The molecule has 0 spiro atoms. The van der Waals surface area contributed by atoms with Crippen LogP contribution in [0.3, 0.4) is 0 Å². The third kappa shape index (κ3) is 2.47. The van der Waals surface area contributed by atoms with Gasteiger partial charge in [-0.2, -0.15) is 0 Å². The SMILES string of the molecule is Cc1ccc(C(C)NC2CCCC2CO)o1. The largest absolute Gasteiger partial charge is 0.465 e. The second-order valence-corrected chi connectivity index (χ2v) is 4.82. The first-order valence-corrected chi connectivity index (χ1v) is 6.14. The van der Waals surface area contributed by atoms with Crippen molar-refractivity contribution in [2.45, 2.75) is 45.2 Å². The van der Waals surface area contributed by atoms with Crippen LogP contribution in [0.15, 0.2) is 16.5 Å². The second-order valence-electron chi connectivity index (χ2n) is 4.82. The van der Waals surface area contributed by atoms with Gasteiger partial charge >= 0.3 is 0 Å². The summed E-state index contributed by atoms with van der Waals surface area (Å²) in [6.45, 7) is 4.37. The fourth-order valence-electron chi connectivity index (χ4n) is 2.56. The van der Waals surface area contributed by atoms with Gasteiger partial charge in [0.05, 0.1) is 6.04 Å². The summed E-state index contributed by atoms with van der Waals surface area (Å²) in [6.07, 6.45) is 3.51. The van der Waals surface area contributed by atoms with E-state index in [0.717, 1.165) is 24.4 Å². The molecule has 16 heavy (non-hydrogen) atoms. The van der Waals surface area contributed by atoms with Crippen LogP contribution in [0.5, 0.6) is 0 Å². The molecule has 1 heterocycles. The van der Waals surface area contributed by atoms with Gasteiger partial charge in [-0.05, 0) is 44.7 Å². The van der Waals surface area contributed by atoms with Crippen molar-refractivity contribution in [3.8, 4) is 0 Å². The molecular formula is C13H21NO2. The standard InChI is InChI=1S/C13H21NO2/c1-9-6-7-13(16-9)10(2)14-12-5-3-4-11(12)8-15/h6-7,10-12,14-15H,3-5,8H2,1-2H3. The minimum absolute atomic E-state index is 0.228. The van der Waals surface area contributed by atoms with E-state index in [2.05, 4.69) is 12.2 Å². The van der Waals surface area contributed by atoms with Gasteiger partial charge in [-0.1, -0.05) is 6.42 Å². The van der Waals surface area contributed by atoms with E-state index >= 15 is 0 Å². The van der Waals surface area contributed by atoms with Gasteiger partial charge in [-0.15, -0.1) is 0 Å². The molecule has 1 aromatic rings. The van der Waals surface area contributed by atoms with Crippen LogP contribution in [0.4, 0.5) is 0 Å². The summed E-state index contributed by atoms with van der Waals surface area (Å²) in [4.78, 5) is 0. The zero-order chi connectivity index (χ0) is 11.5. The van der Waals surface area contributed by atoms with Gasteiger partial charge in [0, 0.05) is 12.6 Å². The fraction of sp³-hybridized carbons (Fsp3) is 0.692. The summed E-state index contributed by atoms with van der Waals surface area (Å²) in [5.74, 6) is 2.35. The minimum Gasteiger partial charge on any atom is -0.465 e. The lowest BCUT2D eigenvalue weighted by Crippen LogP contribution is -2.35. The third-order valence-corrected chi connectivity index (χ3v) is 3.55. The average molecular weight is 223 g/mol. The molecule has 1 fully saturated rings. The summed E-state index contributed by atoms with van der Waals surface area (Å²) < 4.78 is 5.60. The summed E-state index contributed by atoms with van der Waals surface area (Å²) in [5, 5.41) is 12.8. The Morgan fingerprint density at radius 2 is 2.31 bits per heavy atom. The average Bonchev–Trinajstić information content (AvgIpc) is 2.86. The van der Waals surface area contributed by atoms with E-state index in [4.69, 9.17) is 4.42 Å². The number of aryl methyl sites for hydroxylation is 1. The van der Waals surface area contributed by atoms with E-state index in [9.17, 15) is 5.11 Å². The van der Waals surface area contributed by atoms with Crippen LogP contribution >= 0.6 is 0 Å². The van der Waals surface area contributed by atoms with Crippen LogP contribution < -0.4 is 5.32 Å². The van der Waals surface area contributed by atoms with E-state index < -0.39 is 0 Å². The molecule has 0 radical (unpaired) electrons. The first-order chi connectivity index (χ1) is 7.70. The fourth-order valence-corrected chi connectivity index (χ4v) is 2.56. The number of hydrogen-bond donors (Lipinski definition) is 2. The van der Waals surface area contributed by atoms with Crippen molar-refractivity contribution in [3.63, 3.8) is 0 Å². The maximum atomic E-state index is 9.26. The van der Waals surface area contributed by atoms with E-state index in [-0.39, 0.29) is 6.04 Å². The Kier molecular flexibility index (Phi) is 3.66. The number of hydrogen-bond acceptors (Lipinski definition) is 3. The molecule has 2 N–H and O–H groups in total. The molecule has 0 aromatic carbocycles. The van der Waals surface area contributed by atoms with Gasteiger partial charge in [0.15, 0.2) is 0 Å². The van der Waals surface area contributed by atoms with Gasteiger partial charge in [-0.25, -0.2) is 0 Å². The topological polar surface area (TPSA) is 45.4 Å². The molecule has 1 aliphatic carbocycles. The maximum Gasteiger partial charge on any atom is 0.120 e. The first kappa shape index (κ1) is 11.7. The quantitative estimate of drug-likeness (QED) is 0.824. The third-order valence-electron chi connectivity index (χ3n) is 3.55. The molecular weight excluding hydrogens is 202 g/mol. The molecule has 90 valence electrons. The highest BCUT2D eigenvalue weighted by Gasteiger charge is 2.28. The zero-order valence-corrected chi connectivity index (χ0v) is 10.1. The van der Waals surface area contributed by atoms with Crippen molar-refractivity contribution < 1.29 is 9.52 Å². The number of nitrogens with one attached hydrogen (secondary N) is 1. The van der Waals surface area contributed by atoms with Crippen LogP contribution in [0.25, 0.3) is 0 Å². The lowest BCUT2D eigenvalue weighted by Gasteiger charge is -2.22. The van der Waals surface area contributed by atoms with Gasteiger partial charge in [0.2, 0.25) is 0 Å². The number of rotatable bonds is 4. The number of aliphatic hydroxyl groups excluding tert-OH is 1. The lowest BCUT2D eigenvalue weighted by molar-refractivity contribution is 0.198. The highest BCUT2D eigenvalue weighted by molar-refractivity contribution is 5.09. The summed E-state index contributed by atoms with van der Waals surface area (Å²) in [5.41, 5.74) is 0. The summed E-state index contributed by atoms with van der Waals surface area (Å²) in [7, 11) is 0. The van der Waals surface area contributed by atoms with Gasteiger partial charge in [-0.3, -0.25) is 0 Å². The molecule has 1 aromatic heterocycles. The summed E-state index contributed by atoms with van der Waals surface area (Å²) >= 11 is 0. The van der Waals surface area contributed by atoms with Gasteiger partial charge in [0.25, 0.3) is 0 Å². The van der Waals surface area contributed by atoms with Crippen LogP contribution in [-0.2, 0) is 0 Å². The van der Waals surface area contributed by atoms with Crippen LogP contribution in [0, 0.1) is 12.8 Å². The van der Waals surface area contributed by atoms with Crippen molar-refractivity contribution in [2.24, 2.45) is 5.92 Å². The maximum absolute atomic E-state index is 9.26. The smallest absolute Gasteiger partial charge is 0.120 e. The predicted molar refractivity (Wildman–Crippen MR) is 63.2 cm³/mol. The number of aliphatic hydroxyl groups is 1. The van der Waals surface area contributed by atoms with Crippen molar-refractivity contribution in [2.75, 3.05) is 6.61 Å². The van der Waals surface area contributed by atoms with Crippen LogP contribution in [0.1, 0.15) is 43.7 Å². The predicted octanol–water partition coefficient (Wildman–Crippen LogP) is 2.40. The van der Waals surface area contributed by atoms with Crippen molar-refractivity contribution in [1.82, 2.24) is 5.32 Å². The van der Waals surface area contributed by atoms with E-state index in [1.54, 1.807) is 0 Å². The number of furan rings is 1. The van der Waals surface area contributed by atoms with E-state index in [1.807, 2.05) is 19.1 Å². The zero-order valence-electron chi connectivity index (χ0n) is 10.1. The summed E-state index contributed by atoms with van der Waals surface area (Å²) in [6, 6.07) is 4.68. The molecule has 0 amide bonds. The molecule has 2 rings (SSSR count). The highest BCUT2D eigenvalue weighted by Crippen LogP contribution is 2.27. The second kappa shape index (κ2) is 5.02. The Morgan fingerprint density at radius 3 is 2.94 bits per heavy atom. The van der Waals surface area contributed by atoms with E-state index in [1.165, 1.54) is 6.42 Å². The molecule has 0 bridgehead atoms. The molecule has 3 heteroatoms. The molecule has 1 saturated carbocycles. The Morgan fingerprint density at radius 1 is 1.50 bits per heavy atom. The lowest BCUT2D eigenvalue weighted by atomic mass is 10.0. The normalized spacial score (nSPS) is 27.2. The Balaban J connectivity index is 1.94. The Labute approximate surface area is 96.8 Å². The molecule has 3 nitrogen and oxygen atoms in total. The van der Waals surface area contributed by atoms with Crippen molar-refractivity contribution in [1.29, 1.82) is 0 Å². The first-order valence-electron chi connectivity index (χ1n) is 6.14. The monoisotopic (exact) mass is 223 g/mol. The van der Waals surface area contributed by atoms with Gasteiger partial charge in [0.1, 0.15) is 11.5 Å². The van der Waals surface area contributed by atoms with Crippen molar-refractivity contribution in [3.05, 3.63) is 23.7 Å². The highest BCUT2D eigenvalue weighted by atomic mass is 16.3. The molecule has 3 unspecified atom stereocenters. The Hall–Kier alpha value is -0.800. The van der Waals surface area contributed by atoms with Crippen LogP contribution in [0.2, 0.25) is 0 Å². The van der Waals surface area contributed by atoms with E-state index in [0.29, 0.717) is 18.6 Å². The van der Waals surface area contributed by atoms with Gasteiger partial charge < -0.3 is 14.8 Å². The molecule has 0 saturated heterocycles. The molecule has 0 aliphatic heterocycles. The molecule has 1 aliphatic rings. The van der Waals surface area contributed by atoms with Crippen LogP contribution in [-0.4, -0.2) is 17.8 Å². The minimum atomic E-state index is 0.228.